The summed E-state index contributed by atoms with van der Waals surface area (Å²) >= 11 is 0. The van der Waals surface area contributed by atoms with E-state index in [0.717, 1.165) is 0 Å². The first-order valence-electron chi connectivity index (χ1n) is 9.06. The summed E-state index contributed by atoms with van der Waals surface area (Å²) < 4.78 is 26.6. The highest BCUT2D eigenvalue weighted by Crippen LogP contribution is 2.11. The lowest BCUT2D eigenvalue weighted by Gasteiger charge is -2.22. The Balaban J connectivity index is 1.55. The molecule has 1 fully saturated rings. The quantitative estimate of drug-likeness (QED) is 0.828. The maximum absolute atomic E-state index is 13.3. The Morgan fingerprint density at radius 3 is 1.59 bits per heavy atom. The van der Waals surface area contributed by atoms with Crippen molar-refractivity contribution < 1.29 is 18.4 Å². The maximum Gasteiger partial charge on any atom is 0.227 e. The van der Waals surface area contributed by atoms with Gasteiger partial charge in [-0.25, -0.2) is 8.78 Å². The van der Waals surface area contributed by atoms with E-state index in [1.807, 2.05) is 0 Å². The van der Waals surface area contributed by atoms with Gasteiger partial charge in [-0.1, -0.05) is 24.3 Å². The fourth-order valence-corrected chi connectivity index (χ4v) is 3.28. The summed E-state index contributed by atoms with van der Waals surface area (Å²) in [6, 6.07) is 12.1. The molecule has 2 aromatic rings. The van der Waals surface area contributed by atoms with Crippen molar-refractivity contribution in [3.05, 3.63) is 71.3 Å². The summed E-state index contributed by atoms with van der Waals surface area (Å²) in [5, 5.41) is 0. The van der Waals surface area contributed by atoms with Gasteiger partial charge in [-0.2, -0.15) is 0 Å². The van der Waals surface area contributed by atoms with E-state index in [1.165, 1.54) is 24.3 Å². The minimum atomic E-state index is -0.356. The smallest absolute Gasteiger partial charge is 0.227 e. The van der Waals surface area contributed by atoms with Crippen molar-refractivity contribution in [2.24, 2.45) is 0 Å². The largest absolute Gasteiger partial charge is 0.341 e. The highest BCUT2D eigenvalue weighted by molar-refractivity contribution is 5.80. The zero-order chi connectivity index (χ0) is 19.2. The fraction of sp³-hybridized carbons (Fsp3) is 0.333. The van der Waals surface area contributed by atoms with Crippen LogP contribution in [0.4, 0.5) is 8.78 Å². The molecule has 0 unspecified atom stereocenters. The molecular formula is C21H22F2N2O2. The molecule has 0 N–H and O–H groups in total. The Kier molecular flexibility index (Phi) is 6.16. The molecule has 2 aromatic carbocycles. The summed E-state index contributed by atoms with van der Waals surface area (Å²) in [4.78, 5) is 28.4. The zero-order valence-corrected chi connectivity index (χ0v) is 15.0. The summed E-state index contributed by atoms with van der Waals surface area (Å²) in [5.41, 5.74) is 1.28. The topological polar surface area (TPSA) is 40.6 Å². The van der Waals surface area contributed by atoms with Crippen molar-refractivity contribution in [2.75, 3.05) is 26.2 Å². The van der Waals surface area contributed by atoms with E-state index in [-0.39, 0.29) is 36.3 Å². The van der Waals surface area contributed by atoms with Crippen molar-refractivity contribution >= 4 is 11.8 Å². The Bertz CT molecular complexity index is 758. The highest BCUT2D eigenvalue weighted by Gasteiger charge is 2.22. The molecule has 0 aliphatic carbocycles. The second-order valence-electron chi connectivity index (χ2n) is 6.73. The van der Waals surface area contributed by atoms with Crippen LogP contribution in [0.5, 0.6) is 0 Å². The number of hydrogen-bond acceptors (Lipinski definition) is 2. The van der Waals surface area contributed by atoms with Gasteiger partial charge in [-0.3, -0.25) is 9.59 Å². The predicted molar refractivity (Wildman–Crippen MR) is 98.0 cm³/mol. The van der Waals surface area contributed by atoms with Gasteiger partial charge in [-0.05, 0) is 41.8 Å². The molecule has 0 spiro atoms. The van der Waals surface area contributed by atoms with Crippen molar-refractivity contribution in [1.82, 2.24) is 9.80 Å². The second-order valence-corrected chi connectivity index (χ2v) is 6.73. The maximum atomic E-state index is 13.3. The van der Waals surface area contributed by atoms with Crippen LogP contribution in [-0.2, 0) is 22.4 Å². The number of amides is 2. The van der Waals surface area contributed by atoms with Gasteiger partial charge in [-0.15, -0.1) is 0 Å². The molecule has 1 saturated heterocycles. The van der Waals surface area contributed by atoms with Crippen LogP contribution in [0.1, 0.15) is 17.5 Å². The molecule has 0 atom stereocenters. The molecule has 1 heterocycles. The van der Waals surface area contributed by atoms with Gasteiger partial charge in [0.2, 0.25) is 11.8 Å². The van der Waals surface area contributed by atoms with Gasteiger partial charge >= 0.3 is 0 Å². The monoisotopic (exact) mass is 372 g/mol. The number of rotatable bonds is 4. The van der Waals surface area contributed by atoms with Gasteiger partial charge in [0.25, 0.3) is 0 Å². The van der Waals surface area contributed by atoms with Gasteiger partial charge in [0.1, 0.15) is 11.6 Å². The number of hydrogen-bond donors (Lipinski definition) is 0. The molecule has 0 saturated carbocycles. The normalized spacial score (nSPS) is 14.7. The third-order valence-corrected chi connectivity index (χ3v) is 4.69. The van der Waals surface area contributed by atoms with Gasteiger partial charge in [0.15, 0.2) is 0 Å². The SMILES string of the molecule is O=C(Cc1cccc(F)c1)N1CCCN(C(=O)Cc2cccc(F)c2)CC1. The lowest BCUT2D eigenvalue weighted by atomic mass is 10.1. The van der Waals surface area contributed by atoms with Crippen LogP contribution in [-0.4, -0.2) is 47.8 Å². The van der Waals surface area contributed by atoms with Crippen LogP contribution >= 0.6 is 0 Å². The summed E-state index contributed by atoms with van der Waals surface area (Å²) in [7, 11) is 0. The molecule has 4 nitrogen and oxygen atoms in total. The first-order valence-corrected chi connectivity index (χ1v) is 9.06. The number of halogens is 2. The molecule has 3 rings (SSSR count). The van der Waals surface area contributed by atoms with Crippen LogP contribution in [0.15, 0.2) is 48.5 Å². The highest BCUT2D eigenvalue weighted by atomic mass is 19.1. The lowest BCUT2D eigenvalue weighted by Crippen LogP contribution is -2.38. The van der Waals surface area contributed by atoms with Crippen LogP contribution in [0, 0.1) is 11.6 Å². The van der Waals surface area contributed by atoms with E-state index in [9.17, 15) is 18.4 Å². The number of carbonyl (C=O) groups excluding carboxylic acids is 2. The third kappa shape index (κ3) is 5.36. The lowest BCUT2D eigenvalue weighted by molar-refractivity contribution is -0.132. The first-order chi connectivity index (χ1) is 13.0. The minimum Gasteiger partial charge on any atom is -0.341 e. The molecule has 27 heavy (non-hydrogen) atoms. The predicted octanol–water partition coefficient (Wildman–Crippen LogP) is 2.81. The average Bonchev–Trinajstić information content (AvgIpc) is 2.88. The standard InChI is InChI=1S/C21H22F2N2O2/c22-18-6-1-4-16(12-18)14-20(26)24-8-3-9-25(11-10-24)21(27)15-17-5-2-7-19(23)13-17/h1-2,4-7,12-13H,3,8-11,14-15H2. The van der Waals surface area contributed by atoms with Crippen LogP contribution in [0.2, 0.25) is 0 Å². The van der Waals surface area contributed by atoms with E-state index >= 15 is 0 Å². The molecule has 6 heteroatoms. The van der Waals surface area contributed by atoms with E-state index in [4.69, 9.17) is 0 Å². The van der Waals surface area contributed by atoms with Gasteiger partial charge in [0, 0.05) is 26.2 Å². The van der Waals surface area contributed by atoms with Crippen LogP contribution in [0.25, 0.3) is 0 Å². The zero-order valence-electron chi connectivity index (χ0n) is 15.0. The molecule has 0 radical (unpaired) electrons. The average molecular weight is 372 g/mol. The van der Waals surface area contributed by atoms with E-state index < -0.39 is 0 Å². The molecule has 142 valence electrons. The minimum absolute atomic E-state index is 0.0694. The van der Waals surface area contributed by atoms with Crippen molar-refractivity contribution in [2.45, 2.75) is 19.3 Å². The molecule has 1 aliphatic rings. The Morgan fingerprint density at radius 2 is 1.19 bits per heavy atom. The molecule has 2 amide bonds. The molecule has 0 aromatic heterocycles. The molecule has 0 bridgehead atoms. The van der Waals surface area contributed by atoms with Crippen molar-refractivity contribution in [1.29, 1.82) is 0 Å². The van der Waals surface area contributed by atoms with Crippen LogP contribution < -0.4 is 0 Å². The Hall–Kier alpha value is -2.76. The van der Waals surface area contributed by atoms with E-state index in [2.05, 4.69) is 0 Å². The summed E-state index contributed by atoms with van der Waals surface area (Å²) in [6.07, 6.45) is 0.980. The van der Waals surface area contributed by atoms with E-state index in [0.29, 0.717) is 43.7 Å². The number of benzene rings is 2. The molecule has 1 aliphatic heterocycles. The fourth-order valence-electron chi connectivity index (χ4n) is 3.28. The second kappa shape index (κ2) is 8.75. The van der Waals surface area contributed by atoms with Gasteiger partial charge in [0.05, 0.1) is 12.8 Å². The van der Waals surface area contributed by atoms with Crippen LogP contribution in [0.3, 0.4) is 0 Å². The van der Waals surface area contributed by atoms with Gasteiger partial charge < -0.3 is 9.80 Å². The third-order valence-electron chi connectivity index (χ3n) is 4.69. The number of carbonyl (C=O) groups is 2. The first kappa shape index (κ1) is 19.0. The molecular weight excluding hydrogens is 350 g/mol. The number of nitrogens with zero attached hydrogens (tertiary/aromatic N) is 2. The summed E-state index contributed by atoms with van der Waals surface area (Å²) in [5.74, 6) is -0.851. The Labute approximate surface area is 157 Å². The van der Waals surface area contributed by atoms with E-state index in [1.54, 1.807) is 34.1 Å². The Morgan fingerprint density at radius 1 is 0.741 bits per heavy atom. The van der Waals surface area contributed by atoms with Crippen molar-refractivity contribution in [3.8, 4) is 0 Å². The summed E-state index contributed by atoms with van der Waals surface area (Å²) in [6.45, 7) is 2.03. The van der Waals surface area contributed by atoms with Crippen molar-refractivity contribution in [3.63, 3.8) is 0 Å².